The van der Waals surface area contributed by atoms with E-state index in [2.05, 4.69) is 5.32 Å². The molecule has 0 saturated heterocycles. The summed E-state index contributed by atoms with van der Waals surface area (Å²) in [5.74, 6) is 1.37. The summed E-state index contributed by atoms with van der Waals surface area (Å²) in [7, 11) is 0. The highest BCUT2D eigenvalue weighted by atomic mass is 16.7. The normalized spacial score (nSPS) is 18.1. The van der Waals surface area contributed by atoms with Gasteiger partial charge in [0.1, 0.15) is 0 Å². The van der Waals surface area contributed by atoms with Crippen molar-refractivity contribution in [2.75, 3.05) is 19.9 Å². The third kappa shape index (κ3) is 3.59. The number of fused-ring (bicyclic) bond motifs is 1. The zero-order chi connectivity index (χ0) is 13.9. The van der Waals surface area contributed by atoms with E-state index in [-0.39, 0.29) is 6.79 Å². The summed E-state index contributed by atoms with van der Waals surface area (Å²) in [6.45, 7) is 4.76. The van der Waals surface area contributed by atoms with Gasteiger partial charge in [-0.2, -0.15) is 0 Å². The van der Waals surface area contributed by atoms with Gasteiger partial charge in [-0.1, -0.05) is 13.0 Å². The first kappa shape index (κ1) is 14.1. The topological polar surface area (TPSA) is 71.0 Å². The van der Waals surface area contributed by atoms with Crippen LogP contribution >= 0.6 is 0 Å². The summed E-state index contributed by atoms with van der Waals surface area (Å²) >= 11 is 0. The van der Waals surface area contributed by atoms with Crippen LogP contribution in [0.4, 0.5) is 0 Å². The van der Waals surface area contributed by atoms with Crippen LogP contribution in [-0.2, 0) is 0 Å². The Bertz CT molecular complexity index is 433. The molecule has 2 rings (SSSR count). The monoisotopic (exact) mass is 267 g/mol. The number of hydrogen-bond acceptors (Lipinski definition) is 5. The molecule has 5 nitrogen and oxygen atoms in total. The van der Waals surface area contributed by atoms with Crippen LogP contribution in [0.2, 0.25) is 0 Å². The Balaban J connectivity index is 1.88. The Labute approximate surface area is 113 Å². The van der Waals surface area contributed by atoms with E-state index in [1.54, 1.807) is 19.1 Å². The summed E-state index contributed by atoms with van der Waals surface area (Å²) in [5.41, 5.74) is 0.0297. The summed E-state index contributed by atoms with van der Waals surface area (Å²) in [5, 5.41) is 23.0. The van der Waals surface area contributed by atoms with Crippen molar-refractivity contribution in [2.45, 2.75) is 32.0 Å². The molecule has 1 aliphatic heterocycles. The molecule has 2 unspecified atom stereocenters. The molecular weight excluding hydrogens is 246 g/mol. The van der Waals surface area contributed by atoms with Crippen molar-refractivity contribution in [2.24, 2.45) is 0 Å². The van der Waals surface area contributed by atoms with E-state index < -0.39 is 11.7 Å². The lowest BCUT2D eigenvalue weighted by Gasteiger charge is -2.22. The summed E-state index contributed by atoms with van der Waals surface area (Å²) < 4.78 is 10.5. The second-order valence-corrected chi connectivity index (χ2v) is 5.11. The van der Waals surface area contributed by atoms with E-state index >= 15 is 0 Å². The first-order valence-electron chi connectivity index (χ1n) is 6.52. The molecule has 0 fully saturated rings. The van der Waals surface area contributed by atoms with Gasteiger partial charge < -0.3 is 25.0 Å². The molecule has 1 heterocycles. The van der Waals surface area contributed by atoms with E-state index in [0.717, 1.165) is 5.56 Å². The molecule has 0 aromatic heterocycles. The van der Waals surface area contributed by atoms with Crippen LogP contribution in [0, 0.1) is 0 Å². The van der Waals surface area contributed by atoms with Gasteiger partial charge in [0.05, 0.1) is 11.7 Å². The highest BCUT2D eigenvalue weighted by Crippen LogP contribution is 2.34. The van der Waals surface area contributed by atoms with Crippen molar-refractivity contribution < 1.29 is 19.7 Å². The third-order valence-electron chi connectivity index (χ3n) is 3.39. The highest BCUT2D eigenvalue weighted by Gasteiger charge is 2.19. The molecule has 0 saturated carbocycles. The smallest absolute Gasteiger partial charge is 0.231 e. The minimum Gasteiger partial charge on any atom is -0.454 e. The van der Waals surface area contributed by atoms with Gasteiger partial charge >= 0.3 is 0 Å². The molecule has 3 N–H and O–H groups in total. The van der Waals surface area contributed by atoms with Crippen LogP contribution in [-0.4, -0.2) is 35.7 Å². The standard InChI is InChI=1S/C14H21NO4/c1-3-14(2,17)8-15-7-11(16)10-4-5-12-13(6-10)19-9-18-12/h4-6,11,15-17H,3,7-9H2,1-2H3. The highest BCUT2D eigenvalue weighted by molar-refractivity contribution is 5.45. The average molecular weight is 267 g/mol. The number of rotatable bonds is 6. The van der Waals surface area contributed by atoms with Crippen molar-refractivity contribution in [1.82, 2.24) is 5.32 Å². The van der Waals surface area contributed by atoms with E-state index in [4.69, 9.17) is 9.47 Å². The second-order valence-electron chi connectivity index (χ2n) is 5.11. The third-order valence-corrected chi connectivity index (χ3v) is 3.39. The number of aliphatic hydroxyl groups excluding tert-OH is 1. The summed E-state index contributed by atoms with van der Waals surface area (Å²) in [6.07, 6.45) is 0.0299. The van der Waals surface area contributed by atoms with Gasteiger partial charge in [0.2, 0.25) is 6.79 Å². The van der Waals surface area contributed by atoms with Crippen LogP contribution in [0.15, 0.2) is 18.2 Å². The molecule has 0 amide bonds. The SMILES string of the molecule is CCC(C)(O)CNCC(O)c1ccc2c(c1)OCO2. The first-order chi connectivity index (χ1) is 9.02. The van der Waals surface area contributed by atoms with E-state index in [9.17, 15) is 10.2 Å². The first-order valence-corrected chi connectivity index (χ1v) is 6.52. The van der Waals surface area contributed by atoms with Crippen molar-refractivity contribution in [1.29, 1.82) is 0 Å². The van der Waals surface area contributed by atoms with Crippen molar-refractivity contribution in [3.63, 3.8) is 0 Å². The predicted molar refractivity (Wildman–Crippen MR) is 71.3 cm³/mol. The Kier molecular flexibility index (Phi) is 4.29. The lowest BCUT2D eigenvalue weighted by atomic mass is 10.0. The number of aliphatic hydroxyl groups is 2. The van der Waals surface area contributed by atoms with Crippen LogP contribution in [0.3, 0.4) is 0 Å². The molecule has 0 spiro atoms. The largest absolute Gasteiger partial charge is 0.454 e. The van der Waals surface area contributed by atoms with Crippen LogP contribution in [0.5, 0.6) is 11.5 Å². The molecule has 0 bridgehead atoms. The zero-order valence-electron chi connectivity index (χ0n) is 11.3. The quantitative estimate of drug-likeness (QED) is 0.722. The summed E-state index contributed by atoms with van der Waals surface area (Å²) in [4.78, 5) is 0. The van der Waals surface area contributed by atoms with Crippen LogP contribution in [0.1, 0.15) is 31.9 Å². The fourth-order valence-corrected chi connectivity index (χ4v) is 1.84. The average Bonchev–Trinajstić information content (AvgIpc) is 2.85. The fourth-order valence-electron chi connectivity index (χ4n) is 1.84. The fraction of sp³-hybridized carbons (Fsp3) is 0.571. The van der Waals surface area contributed by atoms with Gasteiger partial charge in [0.25, 0.3) is 0 Å². The van der Waals surface area contributed by atoms with Crippen molar-refractivity contribution in [3.05, 3.63) is 23.8 Å². The molecule has 0 radical (unpaired) electrons. The number of ether oxygens (including phenoxy) is 2. The van der Waals surface area contributed by atoms with Gasteiger partial charge in [-0.3, -0.25) is 0 Å². The van der Waals surface area contributed by atoms with Crippen LogP contribution in [0.25, 0.3) is 0 Å². The van der Waals surface area contributed by atoms with Gasteiger partial charge in [-0.15, -0.1) is 0 Å². The van der Waals surface area contributed by atoms with Crippen molar-refractivity contribution >= 4 is 0 Å². The molecule has 1 aliphatic rings. The lowest BCUT2D eigenvalue weighted by molar-refractivity contribution is 0.0515. The maximum absolute atomic E-state index is 10.1. The number of benzene rings is 1. The Morgan fingerprint density at radius 2 is 2.11 bits per heavy atom. The molecule has 5 heteroatoms. The van der Waals surface area contributed by atoms with E-state index in [1.807, 2.05) is 13.0 Å². The van der Waals surface area contributed by atoms with Gasteiger partial charge in [0, 0.05) is 13.1 Å². The van der Waals surface area contributed by atoms with Crippen molar-refractivity contribution in [3.8, 4) is 11.5 Å². The molecule has 106 valence electrons. The lowest BCUT2D eigenvalue weighted by Crippen LogP contribution is -2.38. The van der Waals surface area contributed by atoms with Gasteiger partial charge in [-0.05, 0) is 31.0 Å². The van der Waals surface area contributed by atoms with Gasteiger partial charge in [-0.25, -0.2) is 0 Å². The second kappa shape index (κ2) is 5.77. The Morgan fingerprint density at radius 1 is 1.37 bits per heavy atom. The maximum Gasteiger partial charge on any atom is 0.231 e. The molecular formula is C14H21NO4. The van der Waals surface area contributed by atoms with Crippen LogP contribution < -0.4 is 14.8 Å². The molecule has 1 aromatic rings. The molecule has 19 heavy (non-hydrogen) atoms. The number of nitrogens with one attached hydrogen (secondary N) is 1. The minimum absolute atomic E-state index is 0.229. The van der Waals surface area contributed by atoms with E-state index in [1.165, 1.54) is 0 Å². The van der Waals surface area contributed by atoms with E-state index in [0.29, 0.717) is 31.0 Å². The molecule has 0 aliphatic carbocycles. The predicted octanol–water partition coefficient (Wildman–Crippen LogP) is 1.20. The van der Waals surface area contributed by atoms with Gasteiger partial charge in [0.15, 0.2) is 11.5 Å². The molecule has 1 aromatic carbocycles. The molecule has 2 atom stereocenters. The maximum atomic E-state index is 10.1. The zero-order valence-corrected chi connectivity index (χ0v) is 11.3. The summed E-state index contributed by atoms with van der Waals surface area (Å²) in [6, 6.07) is 5.40. The number of hydrogen-bond donors (Lipinski definition) is 3. The Hall–Kier alpha value is -1.30. The minimum atomic E-state index is -0.741. The Morgan fingerprint density at radius 3 is 2.84 bits per heavy atom.